The number of hydrogen-bond donors (Lipinski definition) is 1. The van der Waals surface area contributed by atoms with E-state index < -0.39 is 0 Å². The van der Waals surface area contributed by atoms with E-state index in [9.17, 15) is 4.79 Å². The summed E-state index contributed by atoms with van der Waals surface area (Å²) in [4.78, 5) is 12.4. The lowest BCUT2D eigenvalue weighted by molar-refractivity contribution is -0.113. The molecule has 2 aromatic carbocycles. The number of halogens is 2. The Kier molecular flexibility index (Phi) is 7.64. The number of aromatic nitrogens is 3. The highest BCUT2D eigenvalue weighted by atomic mass is 35.5. The van der Waals surface area contributed by atoms with Gasteiger partial charge in [-0.05, 0) is 56.2 Å². The molecular formula is C21H22Cl2N4O2S. The topological polar surface area (TPSA) is 69.0 Å². The highest BCUT2D eigenvalue weighted by Gasteiger charge is 2.15. The van der Waals surface area contributed by atoms with Gasteiger partial charge in [0.15, 0.2) is 11.0 Å². The van der Waals surface area contributed by atoms with Gasteiger partial charge in [0.05, 0.1) is 10.8 Å². The minimum atomic E-state index is -0.0980. The minimum absolute atomic E-state index is 0.0980. The van der Waals surface area contributed by atoms with E-state index in [4.69, 9.17) is 27.9 Å². The molecule has 0 aliphatic carbocycles. The number of hydrogen-bond acceptors (Lipinski definition) is 5. The fourth-order valence-electron chi connectivity index (χ4n) is 2.95. The Morgan fingerprint density at radius 1 is 1.13 bits per heavy atom. The molecule has 0 unspecified atom stereocenters. The Morgan fingerprint density at radius 3 is 2.57 bits per heavy atom. The fraction of sp³-hybridized carbons (Fsp3) is 0.286. The summed E-state index contributed by atoms with van der Waals surface area (Å²) in [6, 6.07) is 11.0. The average Bonchev–Trinajstić information content (AvgIpc) is 3.08. The Labute approximate surface area is 189 Å². The molecule has 3 aromatic rings. The number of benzene rings is 2. The van der Waals surface area contributed by atoms with Crippen LogP contribution in [0, 0.1) is 13.8 Å². The van der Waals surface area contributed by atoms with Crippen LogP contribution >= 0.6 is 35.0 Å². The third kappa shape index (κ3) is 5.90. The molecule has 0 fully saturated rings. The lowest BCUT2D eigenvalue weighted by Gasteiger charge is -2.10. The number of nitrogens with one attached hydrogen (secondary N) is 1. The van der Waals surface area contributed by atoms with Crippen molar-refractivity contribution >= 4 is 46.6 Å². The lowest BCUT2D eigenvalue weighted by atomic mass is 10.1. The van der Waals surface area contributed by atoms with Gasteiger partial charge in [0, 0.05) is 23.3 Å². The van der Waals surface area contributed by atoms with Gasteiger partial charge in [-0.2, -0.15) is 0 Å². The summed E-state index contributed by atoms with van der Waals surface area (Å²) in [5.74, 6) is 1.26. The molecule has 6 nitrogen and oxygen atoms in total. The number of anilines is 1. The van der Waals surface area contributed by atoms with Gasteiger partial charge in [-0.25, -0.2) is 0 Å². The smallest absolute Gasteiger partial charge is 0.234 e. The Balaban J connectivity index is 1.61. The summed E-state index contributed by atoms with van der Waals surface area (Å²) in [5, 5.41) is 13.0. The molecule has 0 saturated carbocycles. The Bertz CT molecular complexity index is 1040. The van der Waals surface area contributed by atoms with Gasteiger partial charge in [-0.15, -0.1) is 10.2 Å². The summed E-state index contributed by atoms with van der Waals surface area (Å²) in [7, 11) is 0. The van der Waals surface area contributed by atoms with Crippen LogP contribution in [-0.4, -0.2) is 26.4 Å². The third-order valence-electron chi connectivity index (χ3n) is 4.20. The summed E-state index contributed by atoms with van der Waals surface area (Å²) >= 11 is 13.5. The summed E-state index contributed by atoms with van der Waals surface area (Å²) in [6.45, 7) is 6.83. The van der Waals surface area contributed by atoms with Crippen molar-refractivity contribution in [1.29, 1.82) is 0 Å². The molecule has 30 heavy (non-hydrogen) atoms. The molecule has 9 heteroatoms. The van der Waals surface area contributed by atoms with Crippen LogP contribution in [0.1, 0.15) is 23.9 Å². The SMILES string of the molecule is CCn1c(COc2cc(Cl)ccc2Cl)nnc1SCC(=O)Nc1cc(C)cc(C)c1. The lowest BCUT2D eigenvalue weighted by Crippen LogP contribution is -2.15. The standard InChI is InChI=1S/C21H22Cl2N4O2S/c1-4-27-19(11-29-18-10-15(22)5-6-17(18)23)25-26-21(27)30-12-20(28)24-16-8-13(2)7-14(3)9-16/h5-10H,4,11-12H2,1-3H3,(H,24,28). The monoisotopic (exact) mass is 464 g/mol. The number of nitrogens with zero attached hydrogens (tertiary/aromatic N) is 3. The second kappa shape index (κ2) is 10.2. The number of ether oxygens (including phenoxy) is 1. The van der Waals surface area contributed by atoms with Crippen LogP contribution in [0.25, 0.3) is 0 Å². The first-order chi connectivity index (χ1) is 14.4. The number of aryl methyl sites for hydroxylation is 2. The van der Waals surface area contributed by atoms with E-state index in [0.717, 1.165) is 16.8 Å². The normalized spacial score (nSPS) is 10.8. The maximum Gasteiger partial charge on any atom is 0.234 e. The number of carbonyl (C=O) groups excluding carboxylic acids is 1. The first kappa shape index (κ1) is 22.5. The van der Waals surface area contributed by atoms with Gasteiger partial charge in [0.25, 0.3) is 0 Å². The van der Waals surface area contributed by atoms with Crippen molar-refractivity contribution in [3.8, 4) is 5.75 Å². The third-order valence-corrected chi connectivity index (χ3v) is 5.71. The molecule has 0 radical (unpaired) electrons. The molecular weight excluding hydrogens is 443 g/mol. The zero-order chi connectivity index (χ0) is 21.7. The highest BCUT2D eigenvalue weighted by molar-refractivity contribution is 7.99. The van der Waals surface area contributed by atoms with E-state index in [-0.39, 0.29) is 18.3 Å². The van der Waals surface area contributed by atoms with Crippen LogP contribution in [0.2, 0.25) is 10.0 Å². The van der Waals surface area contributed by atoms with Crippen molar-refractivity contribution in [2.45, 2.75) is 39.1 Å². The number of rotatable bonds is 8. The summed E-state index contributed by atoms with van der Waals surface area (Å²) in [5.41, 5.74) is 3.00. The molecule has 0 spiro atoms. The Morgan fingerprint density at radius 2 is 1.87 bits per heavy atom. The van der Waals surface area contributed by atoms with E-state index in [2.05, 4.69) is 21.6 Å². The molecule has 0 bridgehead atoms. The van der Waals surface area contributed by atoms with Crippen molar-refractivity contribution in [2.24, 2.45) is 0 Å². The minimum Gasteiger partial charge on any atom is -0.484 e. The van der Waals surface area contributed by atoms with Crippen LogP contribution in [0.4, 0.5) is 5.69 Å². The summed E-state index contributed by atoms with van der Waals surface area (Å²) in [6.07, 6.45) is 0. The quantitative estimate of drug-likeness (QED) is 0.443. The fourth-order valence-corrected chi connectivity index (χ4v) is 4.11. The molecule has 3 rings (SSSR count). The molecule has 0 aliphatic heterocycles. The van der Waals surface area contributed by atoms with Gasteiger partial charge in [-0.3, -0.25) is 4.79 Å². The first-order valence-corrected chi connectivity index (χ1v) is 11.1. The molecule has 1 heterocycles. The van der Waals surface area contributed by atoms with E-state index >= 15 is 0 Å². The van der Waals surface area contributed by atoms with Crippen molar-refractivity contribution in [2.75, 3.05) is 11.1 Å². The van der Waals surface area contributed by atoms with Crippen molar-refractivity contribution < 1.29 is 9.53 Å². The van der Waals surface area contributed by atoms with Gasteiger partial charge < -0.3 is 14.6 Å². The van der Waals surface area contributed by atoms with Crippen molar-refractivity contribution in [3.63, 3.8) is 0 Å². The zero-order valence-electron chi connectivity index (χ0n) is 16.9. The van der Waals surface area contributed by atoms with Crippen LogP contribution in [0.3, 0.4) is 0 Å². The average molecular weight is 465 g/mol. The van der Waals surface area contributed by atoms with Crippen molar-refractivity contribution in [1.82, 2.24) is 14.8 Å². The molecule has 0 saturated heterocycles. The van der Waals surface area contributed by atoms with Crippen LogP contribution in [0.5, 0.6) is 5.75 Å². The second-order valence-electron chi connectivity index (χ2n) is 6.72. The van der Waals surface area contributed by atoms with Crippen LogP contribution in [-0.2, 0) is 17.9 Å². The molecule has 0 aliphatic rings. The van der Waals surface area contributed by atoms with Gasteiger partial charge in [0.1, 0.15) is 12.4 Å². The van der Waals surface area contributed by atoms with E-state index in [1.165, 1.54) is 11.8 Å². The van der Waals surface area contributed by atoms with Crippen LogP contribution in [0.15, 0.2) is 41.6 Å². The summed E-state index contributed by atoms with van der Waals surface area (Å²) < 4.78 is 7.67. The molecule has 1 amide bonds. The molecule has 158 valence electrons. The van der Waals surface area contributed by atoms with Gasteiger partial charge >= 0.3 is 0 Å². The van der Waals surface area contributed by atoms with Gasteiger partial charge in [-0.1, -0.05) is 41.0 Å². The van der Waals surface area contributed by atoms with E-state index in [1.54, 1.807) is 18.2 Å². The largest absolute Gasteiger partial charge is 0.484 e. The maximum atomic E-state index is 12.4. The van der Waals surface area contributed by atoms with Crippen molar-refractivity contribution in [3.05, 3.63) is 63.4 Å². The number of carbonyl (C=O) groups is 1. The second-order valence-corrected chi connectivity index (χ2v) is 8.51. The number of amides is 1. The molecule has 0 atom stereocenters. The maximum absolute atomic E-state index is 12.4. The first-order valence-electron chi connectivity index (χ1n) is 9.36. The van der Waals surface area contributed by atoms with E-state index in [0.29, 0.717) is 33.3 Å². The molecule has 1 N–H and O–H groups in total. The predicted octanol–water partition coefficient (Wildman–Crippen LogP) is 5.53. The highest BCUT2D eigenvalue weighted by Crippen LogP contribution is 2.28. The van der Waals surface area contributed by atoms with E-state index in [1.807, 2.05) is 37.5 Å². The van der Waals surface area contributed by atoms with Gasteiger partial charge in [0.2, 0.25) is 5.91 Å². The predicted molar refractivity (Wildman–Crippen MR) is 122 cm³/mol. The van der Waals surface area contributed by atoms with Crippen LogP contribution < -0.4 is 10.1 Å². The number of thioether (sulfide) groups is 1. The Hall–Kier alpha value is -2.22. The molecule has 1 aromatic heterocycles. The zero-order valence-corrected chi connectivity index (χ0v) is 19.2.